The number of hydrogen-bond acceptors (Lipinski definition) is 5. The van der Waals surface area contributed by atoms with Crippen molar-refractivity contribution in [2.24, 2.45) is 0 Å². The molecule has 0 saturated carbocycles. The van der Waals surface area contributed by atoms with Crippen molar-refractivity contribution in [1.82, 2.24) is 9.29 Å². The molecular weight excluding hydrogens is 370 g/mol. The van der Waals surface area contributed by atoms with Crippen LogP contribution in [0.5, 0.6) is 0 Å². The van der Waals surface area contributed by atoms with Crippen LogP contribution in [-0.4, -0.2) is 55.3 Å². The molecule has 1 aromatic heterocycles. The number of nitrogens with one attached hydrogen (secondary N) is 1. The second-order valence-electron chi connectivity index (χ2n) is 5.64. The second-order valence-corrected chi connectivity index (χ2v) is 8.64. The van der Waals surface area contributed by atoms with E-state index >= 15 is 0 Å². The van der Waals surface area contributed by atoms with Crippen LogP contribution in [-0.2, 0) is 14.8 Å². The van der Waals surface area contributed by atoms with E-state index in [1.807, 2.05) is 26.8 Å². The minimum absolute atomic E-state index is 0.0453. The largest absolute Gasteiger partial charge is 0.373 e. The number of morpholine rings is 1. The van der Waals surface area contributed by atoms with Crippen LogP contribution in [0.2, 0.25) is 0 Å². The van der Waals surface area contributed by atoms with Crippen molar-refractivity contribution >= 4 is 31.8 Å². The maximum atomic E-state index is 12.4. The van der Waals surface area contributed by atoms with E-state index in [9.17, 15) is 8.42 Å². The number of nitrogens with zero attached hydrogens (tertiary/aromatic N) is 2. The first-order chi connectivity index (χ1) is 10.3. The molecule has 0 radical (unpaired) electrons. The van der Waals surface area contributed by atoms with Crippen molar-refractivity contribution in [2.75, 3.05) is 30.7 Å². The van der Waals surface area contributed by atoms with Gasteiger partial charge in [-0.25, -0.2) is 13.4 Å². The fourth-order valence-electron chi connectivity index (χ4n) is 2.51. The zero-order valence-electron chi connectivity index (χ0n) is 13.0. The number of aromatic nitrogens is 1. The van der Waals surface area contributed by atoms with Crippen LogP contribution in [0, 0.1) is 6.92 Å². The lowest BCUT2D eigenvalue weighted by atomic mass is 10.3. The Labute approximate surface area is 140 Å². The Hall–Kier alpha value is -0.700. The molecule has 0 amide bonds. The molecule has 1 aliphatic rings. The molecule has 1 aliphatic heterocycles. The van der Waals surface area contributed by atoms with Crippen LogP contribution in [0.25, 0.3) is 0 Å². The monoisotopic (exact) mass is 391 g/mol. The molecule has 0 aromatic carbocycles. The van der Waals surface area contributed by atoms with Gasteiger partial charge >= 0.3 is 0 Å². The SMILES string of the molecule is Cc1cc(Br)cnc1NCCS(=O)(=O)N1CC(C)OC(C)C1. The lowest BCUT2D eigenvalue weighted by Crippen LogP contribution is -2.49. The van der Waals surface area contributed by atoms with Gasteiger partial charge in [0.05, 0.1) is 18.0 Å². The third-order valence-corrected chi connectivity index (χ3v) is 5.72. The minimum atomic E-state index is -3.29. The van der Waals surface area contributed by atoms with Crippen molar-refractivity contribution in [1.29, 1.82) is 0 Å². The summed E-state index contributed by atoms with van der Waals surface area (Å²) in [7, 11) is -3.29. The van der Waals surface area contributed by atoms with Crippen LogP contribution in [0.15, 0.2) is 16.7 Å². The first-order valence-electron chi connectivity index (χ1n) is 7.27. The highest BCUT2D eigenvalue weighted by Crippen LogP contribution is 2.17. The number of anilines is 1. The fourth-order valence-corrected chi connectivity index (χ4v) is 4.45. The molecule has 8 heteroatoms. The van der Waals surface area contributed by atoms with E-state index in [0.717, 1.165) is 10.0 Å². The van der Waals surface area contributed by atoms with Gasteiger partial charge in [-0.15, -0.1) is 0 Å². The Bertz CT molecular complexity index is 614. The topological polar surface area (TPSA) is 71.5 Å². The average molecular weight is 392 g/mol. The van der Waals surface area contributed by atoms with Gasteiger partial charge in [0.1, 0.15) is 5.82 Å². The van der Waals surface area contributed by atoms with Gasteiger partial charge in [0, 0.05) is 30.3 Å². The van der Waals surface area contributed by atoms with Crippen LogP contribution >= 0.6 is 15.9 Å². The van der Waals surface area contributed by atoms with E-state index in [4.69, 9.17) is 4.74 Å². The van der Waals surface area contributed by atoms with Gasteiger partial charge in [0.2, 0.25) is 10.0 Å². The first kappa shape index (κ1) is 17.7. The highest BCUT2D eigenvalue weighted by atomic mass is 79.9. The molecule has 0 aliphatic carbocycles. The van der Waals surface area contributed by atoms with E-state index in [0.29, 0.717) is 25.5 Å². The molecule has 1 fully saturated rings. The highest BCUT2D eigenvalue weighted by molar-refractivity contribution is 9.10. The Morgan fingerprint density at radius 2 is 2.05 bits per heavy atom. The van der Waals surface area contributed by atoms with Gasteiger partial charge in [0.25, 0.3) is 0 Å². The number of sulfonamides is 1. The summed E-state index contributed by atoms with van der Waals surface area (Å²) in [6.07, 6.45) is 1.55. The number of halogens is 1. The number of ether oxygens (including phenoxy) is 1. The molecule has 1 aromatic rings. The average Bonchev–Trinajstić information content (AvgIpc) is 2.40. The van der Waals surface area contributed by atoms with Crippen LogP contribution in [0.1, 0.15) is 19.4 Å². The van der Waals surface area contributed by atoms with Gasteiger partial charge in [-0.2, -0.15) is 4.31 Å². The van der Waals surface area contributed by atoms with Crippen molar-refractivity contribution in [3.63, 3.8) is 0 Å². The van der Waals surface area contributed by atoms with E-state index < -0.39 is 10.0 Å². The first-order valence-corrected chi connectivity index (χ1v) is 9.67. The summed E-state index contributed by atoms with van der Waals surface area (Å²) >= 11 is 3.35. The molecule has 22 heavy (non-hydrogen) atoms. The molecule has 2 unspecified atom stereocenters. The quantitative estimate of drug-likeness (QED) is 0.830. The predicted octanol–water partition coefficient (Wildman–Crippen LogP) is 2.00. The second kappa shape index (κ2) is 7.25. The summed E-state index contributed by atoms with van der Waals surface area (Å²) in [4.78, 5) is 4.25. The van der Waals surface area contributed by atoms with Crippen LogP contribution in [0.3, 0.4) is 0 Å². The van der Waals surface area contributed by atoms with Crippen molar-refractivity contribution in [3.8, 4) is 0 Å². The van der Waals surface area contributed by atoms with E-state index in [1.54, 1.807) is 6.20 Å². The lowest BCUT2D eigenvalue weighted by Gasteiger charge is -2.34. The van der Waals surface area contributed by atoms with Gasteiger partial charge in [-0.1, -0.05) is 0 Å². The van der Waals surface area contributed by atoms with Gasteiger partial charge in [-0.05, 0) is 48.3 Å². The Kier molecular flexibility index (Phi) is 5.81. The molecule has 0 bridgehead atoms. The maximum absolute atomic E-state index is 12.4. The normalized spacial score (nSPS) is 23.5. The molecule has 1 saturated heterocycles. The van der Waals surface area contributed by atoms with Crippen molar-refractivity contribution in [3.05, 3.63) is 22.3 Å². The van der Waals surface area contributed by atoms with E-state index in [-0.39, 0.29) is 18.0 Å². The molecule has 6 nitrogen and oxygen atoms in total. The standard InChI is InChI=1S/C14H22BrN3O3S/c1-10-6-13(15)7-17-14(10)16-4-5-22(19,20)18-8-11(2)21-12(3)9-18/h6-7,11-12H,4-5,8-9H2,1-3H3,(H,16,17). The van der Waals surface area contributed by atoms with E-state index in [2.05, 4.69) is 26.2 Å². The predicted molar refractivity (Wildman–Crippen MR) is 90.5 cm³/mol. The minimum Gasteiger partial charge on any atom is -0.373 e. The summed E-state index contributed by atoms with van der Waals surface area (Å²) in [6, 6.07) is 1.94. The summed E-state index contributed by atoms with van der Waals surface area (Å²) in [5.74, 6) is 0.756. The maximum Gasteiger partial charge on any atom is 0.216 e. The molecule has 0 spiro atoms. The number of hydrogen-bond donors (Lipinski definition) is 1. The molecular formula is C14H22BrN3O3S. The Morgan fingerprint density at radius 3 is 2.64 bits per heavy atom. The molecule has 2 heterocycles. The third-order valence-electron chi connectivity index (χ3n) is 3.48. The summed E-state index contributed by atoms with van der Waals surface area (Å²) in [6.45, 7) is 6.89. The zero-order chi connectivity index (χ0) is 16.3. The number of aryl methyl sites for hydroxylation is 1. The molecule has 2 rings (SSSR count). The lowest BCUT2D eigenvalue weighted by molar-refractivity contribution is -0.0440. The zero-order valence-corrected chi connectivity index (χ0v) is 15.4. The van der Waals surface area contributed by atoms with E-state index in [1.165, 1.54) is 4.31 Å². The van der Waals surface area contributed by atoms with Gasteiger partial charge < -0.3 is 10.1 Å². The Balaban J connectivity index is 1.92. The van der Waals surface area contributed by atoms with Gasteiger partial charge in [0.15, 0.2) is 0 Å². The molecule has 124 valence electrons. The van der Waals surface area contributed by atoms with Crippen molar-refractivity contribution in [2.45, 2.75) is 33.0 Å². The Morgan fingerprint density at radius 1 is 1.41 bits per heavy atom. The van der Waals surface area contributed by atoms with Crippen molar-refractivity contribution < 1.29 is 13.2 Å². The number of rotatable bonds is 5. The summed E-state index contributed by atoms with van der Waals surface area (Å²) in [5.41, 5.74) is 0.973. The van der Waals surface area contributed by atoms with Crippen LogP contribution < -0.4 is 5.32 Å². The highest BCUT2D eigenvalue weighted by Gasteiger charge is 2.30. The number of pyridine rings is 1. The van der Waals surface area contributed by atoms with Gasteiger partial charge in [-0.3, -0.25) is 0 Å². The summed E-state index contributed by atoms with van der Waals surface area (Å²) in [5, 5.41) is 3.09. The third kappa shape index (κ3) is 4.65. The van der Waals surface area contributed by atoms with Crippen LogP contribution in [0.4, 0.5) is 5.82 Å². The summed E-state index contributed by atoms with van der Waals surface area (Å²) < 4.78 is 32.8. The smallest absolute Gasteiger partial charge is 0.216 e. The molecule has 1 N–H and O–H groups in total. The molecule has 2 atom stereocenters. The fraction of sp³-hybridized carbons (Fsp3) is 0.643.